The zero-order valence-electron chi connectivity index (χ0n) is 13.5. The molecule has 0 amide bonds. The van der Waals surface area contributed by atoms with E-state index in [0.29, 0.717) is 6.04 Å². The smallest absolute Gasteiger partial charge is 0.120 e. The van der Waals surface area contributed by atoms with Gasteiger partial charge >= 0.3 is 0 Å². The van der Waals surface area contributed by atoms with E-state index in [0.717, 1.165) is 18.0 Å². The molecule has 1 fully saturated rings. The average Bonchev–Trinajstić information content (AvgIpc) is 2.96. The topological polar surface area (TPSA) is 26.7 Å². The predicted octanol–water partition coefficient (Wildman–Crippen LogP) is 2.40. The van der Waals surface area contributed by atoms with Crippen molar-refractivity contribution in [2.24, 2.45) is 0 Å². The van der Waals surface area contributed by atoms with Gasteiger partial charge in [0.25, 0.3) is 0 Å². The fourth-order valence-corrected chi connectivity index (χ4v) is 3.59. The Labute approximate surface area is 132 Å². The summed E-state index contributed by atoms with van der Waals surface area (Å²) in [6.07, 6.45) is 2.64. The molecule has 4 heteroatoms. The monoisotopic (exact) mass is 306 g/mol. The largest absolute Gasteiger partial charge is 0.378 e. The van der Waals surface area contributed by atoms with Crippen LogP contribution in [0.25, 0.3) is 0 Å². The Morgan fingerprint density at radius 3 is 2.86 bits per heavy atom. The molecule has 1 aliphatic heterocycles. The molecule has 1 aromatic rings. The van der Waals surface area contributed by atoms with Crippen LogP contribution in [0.15, 0.2) is 12.1 Å². The lowest BCUT2D eigenvalue weighted by Crippen LogP contribution is -2.36. The second-order valence-corrected chi connectivity index (χ2v) is 7.72. The van der Waals surface area contributed by atoms with Gasteiger partial charge in [-0.25, -0.2) is 0 Å². The Morgan fingerprint density at radius 2 is 2.24 bits per heavy atom. The van der Waals surface area contributed by atoms with E-state index >= 15 is 0 Å². The summed E-state index contributed by atoms with van der Waals surface area (Å²) in [5.74, 6) is 5.92. The van der Waals surface area contributed by atoms with Crippen molar-refractivity contribution < 1.29 is 5.11 Å². The summed E-state index contributed by atoms with van der Waals surface area (Å²) in [7, 11) is 4.41. The van der Waals surface area contributed by atoms with Crippen molar-refractivity contribution in [2.45, 2.75) is 44.9 Å². The highest BCUT2D eigenvalue weighted by atomic mass is 32.1. The van der Waals surface area contributed by atoms with Crippen molar-refractivity contribution in [1.29, 1.82) is 0 Å². The van der Waals surface area contributed by atoms with Crippen LogP contribution in [0.1, 0.15) is 36.4 Å². The van der Waals surface area contributed by atoms with Gasteiger partial charge in [0.1, 0.15) is 5.60 Å². The van der Waals surface area contributed by atoms with Crippen LogP contribution < -0.4 is 0 Å². The van der Waals surface area contributed by atoms with E-state index in [9.17, 15) is 5.11 Å². The summed E-state index contributed by atoms with van der Waals surface area (Å²) in [6.45, 7) is 6.74. The van der Waals surface area contributed by atoms with E-state index in [1.54, 1.807) is 25.2 Å². The van der Waals surface area contributed by atoms with Gasteiger partial charge in [0, 0.05) is 24.0 Å². The summed E-state index contributed by atoms with van der Waals surface area (Å²) in [5, 5.41) is 9.63. The maximum Gasteiger partial charge on any atom is 0.120 e. The van der Waals surface area contributed by atoms with E-state index in [1.165, 1.54) is 24.3 Å². The molecular formula is C17H26N2OS. The van der Waals surface area contributed by atoms with Crippen LogP contribution in [0, 0.1) is 11.8 Å². The van der Waals surface area contributed by atoms with Gasteiger partial charge in [0.15, 0.2) is 0 Å². The van der Waals surface area contributed by atoms with Crippen molar-refractivity contribution in [3.8, 4) is 11.8 Å². The van der Waals surface area contributed by atoms with Gasteiger partial charge in [0.2, 0.25) is 0 Å². The number of nitrogens with zero attached hydrogens (tertiary/aromatic N) is 2. The van der Waals surface area contributed by atoms with Crippen molar-refractivity contribution in [1.82, 2.24) is 9.80 Å². The molecule has 3 nitrogen and oxygen atoms in total. The highest BCUT2D eigenvalue weighted by molar-refractivity contribution is 7.12. The zero-order chi connectivity index (χ0) is 15.5. The molecule has 1 saturated heterocycles. The van der Waals surface area contributed by atoms with E-state index in [4.69, 9.17) is 0 Å². The summed E-state index contributed by atoms with van der Waals surface area (Å²) >= 11 is 1.72. The molecule has 0 radical (unpaired) electrons. The van der Waals surface area contributed by atoms with Crippen LogP contribution in [0.3, 0.4) is 0 Å². The fourth-order valence-electron chi connectivity index (χ4n) is 2.64. The Balaban J connectivity index is 1.88. The molecule has 1 aliphatic rings. The summed E-state index contributed by atoms with van der Waals surface area (Å²) in [4.78, 5) is 7.22. The first kappa shape index (κ1) is 16.5. The number of hydrogen-bond donors (Lipinski definition) is 1. The third kappa shape index (κ3) is 5.44. The van der Waals surface area contributed by atoms with Crippen molar-refractivity contribution in [2.75, 3.05) is 27.2 Å². The minimum Gasteiger partial charge on any atom is -0.378 e. The van der Waals surface area contributed by atoms with Crippen molar-refractivity contribution in [3.63, 3.8) is 0 Å². The lowest BCUT2D eigenvalue weighted by atomic mass is 10.1. The maximum absolute atomic E-state index is 9.63. The molecular weight excluding hydrogens is 280 g/mol. The molecule has 116 valence electrons. The summed E-state index contributed by atoms with van der Waals surface area (Å²) in [5.41, 5.74) is -0.923. The van der Waals surface area contributed by atoms with Crippen molar-refractivity contribution in [3.05, 3.63) is 21.9 Å². The predicted molar refractivity (Wildman–Crippen MR) is 89.5 cm³/mol. The first-order chi connectivity index (χ1) is 9.83. The summed E-state index contributed by atoms with van der Waals surface area (Å²) in [6, 6.07) is 4.90. The highest BCUT2D eigenvalue weighted by Gasteiger charge is 2.22. The molecule has 2 heterocycles. The Kier molecular flexibility index (Phi) is 5.45. The lowest BCUT2D eigenvalue weighted by Gasteiger charge is -2.25. The van der Waals surface area contributed by atoms with Gasteiger partial charge < -0.3 is 10.0 Å². The standard InChI is InChI=1S/C17H26N2OS/c1-17(2,20)10-9-15-7-8-16(21-15)13-18(3)12-14-6-5-11-19(14)4/h7-8,14,20H,5-6,11-13H2,1-4H3/t14-/m1/s1. The Hall–Kier alpha value is -0.860. The van der Waals surface area contributed by atoms with E-state index in [2.05, 4.69) is 41.8 Å². The van der Waals surface area contributed by atoms with Gasteiger partial charge in [-0.15, -0.1) is 11.3 Å². The van der Waals surface area contributed by atoms with E-state index < -0.39 is 5.60 Å². The second-order valence-electron chi connectivity index (χ2n) is 6.55. The number of thiophene rings is 1. The van der Waals surface area contributed by atoms with Gasteiger partial charge in [0.05, 0.1) is 4.88 Å². The number of aliphatic hydroxyl groups is 1. The van der Waals surface area contributed by atoms with Crippen LogP contribution >= 0.6 is 11.3 Å². The fraction of sp³-hybridized carbons (Fsp3) is 0.647. The molecule has 0 bridgehead atoms. The molecule has 0 spiro atoms. The third-order valence-electron chi connectivity index (χ3n) is 3.77. The molecule has 0 saturated carbocycles. The van der Waals surface area contributed by atoms with Crippen LogP contribution in [0.5, 0.6) is 0 Å². The van der Waals surface area contributed by atoms with Crippen LogP contribution in [-0.2, 0) is 6.54 Å². The summed E-state index contributed by atoms with van der Waals surface area (Å²) < 4.78 is 0. The minimum atomic E-state index is -0.923. The Bertz CT molecular complexity index is 521. The van der Waals surface area contributed by atoms with Crippen LogP contribution in [0.4, 0.5) is 0 Å². The lowest BCUT2D eigenvalue weighted by molar-refractivity contribution is 0.143. The SMILES string of the molecule is CN(Cc1ccc(C#CC(C)(C)O)s1)C[C@H]1CCCN1C. The maximum atomic E-state index is 9.63. The number of rotatable bonds is 4. The highest BCUT2D eigenvalue weighted by Crippen LogP contribution is 2.20. The minimum absolute atomic E-state index is 0.699. The Morgan fingerprint density at radius 1 is 1.48 bits per heavy atom. The van der Waals surface area contributed by atoms with E-state index in [-0.39, 0.29) is 0 Å². The molecule has 1 N–H and O–H groups in total. The molecule has 21 heavy (non-hydrogen) atoms. The molecule has 1 aromatic heterocycles. The molecule has 1 atom stereocenters. The third-order valence-corrected chi connectivity index (χ3v) is 4.76. The normalized spacial score (nSPS) is 19.8. The second kappa shape index (κ2) is 6.93. The molecule has 2 rings (SSSR count). The number of hydrogen-bond acceptors (Lipinski definition) is 4. The first-order valence-corrected chi connectivity index (χ1v) is 8.38. The number of likely N-dealkylation sites (N-methyl/N-ethyl adjacent to an activating group) is 2. The van der Waals surface area contributed by atoms with Crippen LogP contribution in [0.2, 0.25) is 0 Å². The van der Waals surface area contributed by atoms with Crippen molar-refractivity contribution >= 4 is 11.3 Å². The van der Waals surface area contributed by atoms with E-state index in [1.807, 2.05) is 6.07 Å². The first-order valence-electron chi connectivity index (χ1n) is 7.56. The molecule has 0 unspecified atom stereocenters. The molecule has 0 aromatic carbocycles. The molecule has 0 aliphatic carbocycles. The average molecular weight is 306 g/mol. The zero-order valence-corrected chi connectivity index (χ0v) is 14.3. The number of likely N-dealkylation sites (tertiary alicyclic amines) is 1. The van der Waals surface area contributed by atoms with Gasteiger partial charge in [-0.2, -0.15) is 0 Å². The van der Waals surface area contributed by atoms with Gasteiger partial charge in [-0.05, 0) is 59.5 Å². The van der Waals surface area contributed by atoms with Crippen LogP contribution in [-0.4, -0.2) is 53.7 Å². The van der Waals surface area contributed by atoms with Gasteiger partial charge in [-0.1, -0.05) is 11.8 Å². The van der Waals surface area contributed by atoms with Gasteiger partial charge in [-0.3, -0.25) is 4.90 Å². The quantitative estimate of drug-likeness (QED) is 0.865.